The Morgan fingerprint density at radius 2 is 2.00 bits per heavy atom. The quantitative estimate of drug-likeness (QED) is 0.823. The summed E-state index contributed by atoms with van der Waals surface area (Å²) in [7, 11) is 0. The third-order valence-corrected chi connectivity index (χ3v) is 4.47. The molecule has 0 unspecified atom stereocenters. The summed E-state index contributed by atoms with van der Waals surface area (Å²) in [6.45, 7) is 3.89. The molecular weight excluding hydrogens is 316 g/mol. The van der Waals surface area contributed by atoms with Crippen LogP contribution in [0.1, 0.15) is 68.2 Å². The fourth-order valence-electron chi connectivity index (χ4n) is 2.88. The van der Waals surface area contributed by atoms with E-state index >= 15 is 0 Å². The molecule has 0 aliphatic heterocycles. The number of carbonyl (C=O) groups excluding carboxylic acids is 2. The number of carbonyl (C=O) groups is 2. The van der Waals surface area contributed by atoms with Gasteiger partial charge < -0.3 is 11.1 Å². The molecule has 1 aromatic rings. The van der Waals surface area contributed by atoms with Gasteiger partial charge in [-0.05, 0) is 12.8 Å². The molecule has 0 saturated heterocycles. The Bertz CT molecular complexity index is 591. The Kier molecular flexibility index (Phi) is 5.93. The van der Waals surface area contributed by atoms with E-state index in [0.29, 0.717) is 12.2 Å². The van der Waals surface area contributed by atoms with Gasteiger partial charge in [0, 0.05) is 12.0 Å². The van der Waals surface area contributed by atoms with Crippen LogP contribution in [-0.4, -0.2) is 27.8 Å². The Morgan fingerprint density at radius 3 is 2.65 bits per heavy atom. The molecule has 1 aromatic heterocycles. The highest BCUT2D eigenvalue weighted by molar-refractivity contribution is 6.33. The fourth-order valence-corrected chi connectivity index (χ4v) is 3.05. The summed E-state index contributed by atoms with van der Waals surface area (Å²) in [5, 5.41) is 3.10. The van der Waals surface area contributed by atoms with Gasteiger partial charge in [-0.3, -0.25) is 9.59 Å². The van der Waals surface area contributed by atoms with Crippen LogP contribution in [0, 0.1) is 5.92 Å². The monoisotopic (exact) mass is 338 g/mol. The van der Waals surface area contributed by atoms with E-state index < -0.39 is 0 Å². The summed E-state index contributed by atoms with van der Waals surface area (Å²) in [6, 6.07) is -0.268. The summed E-state index contributed by atoms with van der Waals surface area (Å²) in [5.74, 6) is -0.431. The van der Waals surface area contributed by atoms with E-state index in [1.165, 1.54) is 6.20 Å². The first-order valence-corrected chi connectivity index (χ1v) is 8.40. The lowest BCUT2D eigenvalue weighted by Crippen LogP contribution is -2.45. The zero-order valence-corrected chi connectivity index (χ0v) is 14.3. The van der Waals surface area contributed by atoms with Crippen LogP contribution in [-0.2, 0) is 4.79 Å². The third kappa shape index (κ3) is 4.41. The second-order valence-electron chi connectivity index (χ2n) is 6.31. The second-order valence-corrected chi connectivity index (χ2v) is 6.71. The highest BCUT2D eigenvalue weighted by Gasteiger charge is 2.30. The Morgan fingerprint density at radius 1 is 1.30 bits per heavy atom. The van der Waals surface area contributed by atoms with Crippen LogP contribution in [0.5, 0.6) is 0 Å². The summed E-state index contributed by atoms with van der Waals surface area (Å²) < 4.78 is 0. The van der Waals surface area contributed by atoms with Crippen molar-refractivity contribution in [2.75, 3.05) is 0 Å². The summed E-state index contributed by atoms with van der Waals surface area (Å²) in [5.41, 5.74) is 5.64. The molecule has 0 spiro atoms. The SMILES string of the molecule is CC(C)c1ncc(Cl)c(C(=O)N[C@@H]2CCCCC[C@@H]2C(N)=O)n1. The predicted octanol–water partition coefficient (Wildman–Crippen LogP) is 2.42. The third-order valence-electron chi connectivity index (χ3n) is 4.19. The molecule has 1 aliphatic carbocycles. The number of hydrogen-bond donors (Lipinski definition) is 2. The first-order chi connectivity index (χ1) is 10.9. The van der Waals surface area contributed by atoms with Gasteiger partial charge in [-0.25, -0.2) is 9.97 Å². The van der Waals surface area contributed by atoms with Gasteiger partial charge in [0.2, 0.25) is 5.91 Å². The van der Waals surface area contributed by atoms with Crippen LogP contribution >= 0.6 is 11.6 Å². The van der Waals surface area contributed by atoms with Crippen molar-refractivity contribution < 1.29 is 9.59 Å². The van der Waals surface area contributed by atoms with Crippen LogP contribution in [0.4, 0.5) is 0 Å². The van der Waals surface area contributed by atoms with E-state index in [-0.39, 0.29) is 40.4 Å². The smallest absolute Gasteiger partial charge is 0.271 e. The molecule has 126 valence electrons. The molecule has 1 aliphatic rings. The molecular formula is C16H23ClN4O2. The Labute approximate surface area is 141 Å². The molecule has 2 atom stereocenters. The van der Waals surface area contributed by atoms with Crippen LogP contribution in [0.3, 0.4) is 0 Å². The highest BCUT2D eigenvalue weighted by atomic mass is 35.5. The molecule has 2 amide bonds. The lowest BCUT2D eigenvalue weighted by atomic mass is 9.94. The maximum absolute atomic E-state index is 12.6. The zero-order chi connectivity index (χ0) is 17.0. The molecule has 1 heterocycles. The van der Waals surface area contributed by atoms with Gasteiger partial charge in [0.15, 0.2) is 0 Å². The molecule has 0 bridgehead atoms. The van der Waals surface area contributed by atoms with Crippen molar-refractivity contribution in [2.24, 2.45) is 11.7 Å². The maximum Gasteiger partial charge on any atom is 0.271 e. The minimum atomic E-state index is -0.377. The van der Waals surface area contributed by atoms with E-state index in [1.807, 2.05) is 13.8 Å². The number of aromatic nitrogens is 2. The summed E-state index contributed by atoms with van der Waals surface area (Å²) in [4.78, 5) is 32.6. The molecule has 23 heavy (non-hydrogen) atoms. The van der Waals surface area contributed by atoms with Crippen molar-refractivity contribution in [1.82, 2.24) is 15.3 Å². The first kappa shape index (κ1) is 17.7. The van der Waals surface area contributed by atoms with Crippen molar-refractivity contribution in [3.63, 3.8) is 0 Å². The number of rotatable bonds is 4. The molecule has 0 aromatic carbocycles. The lowest BCUT2D eigenvalue weighted by molar-refractivity contribution is -0.122. The molecule has 6 nitrogen and oxygen atoms in total. The Hall–Kier alpha value is -1.69. The van der Waals surface area contributed by atoms with Crippen molar-refractivity contribution >= 4 is 23.4 Å². The number of nitrogens with one attached hydrogen (secondary N) is 1. The molecule has 3 N–H and O–H groups in total. The van der Waals surface area contributed by atoms with E-state index in [4.69, 9.17) is 17.3 Å². The van der Waals surface area contributed by atoms with Crippen molar-refractivity contribution in [1.29, 1.82) is 0 Å². The fraction of sp³-hybridized carbons (Fsp3) is 0.625. The number of halogens is 1. The summed E-state index contributed by atoms with van der Waals surface area (Å²) >= 11 is 6.07. The average Bonchev–Trinajstić information content (AvgIpc) is 2.72. The van der Waals surface area contributed by atoms with Crippen molar-refractivity contribution in [2.45, 2.75) is 57.9 Å². The first-order valence-electron chi connectivity index (χ1n) is 8.02. The number of nitrogens with zero attached hydrogens (tertiary/aromatic N) is 2. The minimum absolute atomic E-state index is 0.0927. The Balaban J connectivity index is 2.19. The lowest BCUT2D eigenvalue weighted by Gasteiger charge is -2.23. The second kappa shape index (κ2) is 7.73. The van der Waals surface area contributed by atoms with Gasteiger partial charge in [0.05, 0.1) is 17.1 Å². The number of hydrogen-bond acceptors (Lipinski definition) is 4. The van der Waals surface area contributed by atoms with E-state index in [2.05, 4.69) is 15.3 Å². The van der Waals surface area contributed by atoms with Crippen LogP contribution in [0.2, 0.25) is 5.02 Å². The van der Waals surface area contributed by atoms with Gasteiger partial charge in [0.25, 0.3) is 5.91 Å². The maximum atomic E-state index is 12.6. The summed E-state index contributed by atoms with van der Waals surface area (Å²) in [6.07, 6.45) is 5.84. The van der Waals surface area contributed by atoms with Gasteiger partial charge in [-0.15, -0.1) is 0 Å². The highest BCUT2D eigenvalue weighted by Crippen LogP contribution is 2.24. The molecule has 7 heteroatoms. The number of nitrogens with two attached hydrogens (primary N) is 1. The van der Waals surface area contributed by atoms with Crippen molar-refractivity contribution in [3.8, 4) is 0 Å². The van der Waals surface area contributed by atoms with E-state index in [9.17, 15) is 9.59 Å². The van der Waals surface area contributed by atoms with Gasteiger partial charge in [-0.1, -0.05) is 44.7 Å². The van der Waals surface area contributed by atoms with E-state index in [0.717, 1.165) is 25.7 Å². The van der Waals surface area contributed by atoms with E-state index in [1.54, 1.807) is 0 Å². The van der Waals surface area contributed by atoms with Gasteiger partial charge >= 0.3 is 0 Å². The zero-order valence-electron chi connectivity index (χ0n) is 13.5. The largest absolute Gasteiger partial charge is 0.369 e. The minimum Gasteiger partial charge on any atom is -0.369 e. The molecule has 2 rings (SSSR count). The topological polar surface area (TPSA) is 98.0 Å². The van der Waals surface area contributed by atoms with Crippen LogP contribution < -0.4 is 11.1 Å². The molecule has 1 saturated carbocycles. The van der Waals surface area contributed by atoms with Crippen LogP contribution in [0.25, 0.3) is 0 Å². The van der Waals surface area contributed by atoms with Gasteiger partial charge in [0.1, 0.15) is 11.5 Å². The standard InChI is InChI=1S/C16H23ClN4O2/c1-9(2)15-19-8-11(17)13(21-15)16(23)20-12-7-5-3-4-6-10(12)14(18)22/h8-10,12H,3-7H2,1-2H3,(H2,18,22)(H,20,23)/t10-,12+/m0/s1. The number of primary amides is 1. The number of amides is 2. The predicted molar refractivity (Wildman–Crippen MR) is 88.2 cm³/mol. The molecule has 0 radical (unpaired) electrons. The molecule has 1 fully saturated rings. The van der Waals surface area contributed by atoms with Gasteiger partial charge in [-0.2, -0.15) is 0 Å². The average molecular weight is 339 g/mol. The normalized spacial score (nSPS) is 21.7. The van der Waals surface area contributed by atoms with Crippen LogP contribution in [0.15, 0.2) is 6.20 Å². The van der Waals surface area contributed by atoms with Crippen molar-refractivity contribution in [3.05, 3.63) is 22.7 Å².